The van der Waals surface area contributed by atoms with Crippen LogP contribution in [0.25, 0.3) is 10.9 Å². The van der Waals surface area contributed by atoms with Crippen molar-refractivity contribution in [2.75, 3.05) is 27.3 Å². The van der Waals surface area contributed by atoms with Gasteiger partial charge in [0.05, 0.1) is 14.2 Å². The highest BCUT2D eigenvalue weighted by Crippen LogP contribution is 2.31. The summed E-state index contributed by atoms with van der Waals surface area (Å²) in [6.07, 6.45) is 2.08. The molecule has 5 nitrogen and oxygen atoms in total. The van der Waals surface area contributed by atoms with Crippen LogP contribution in [0.1, 0.15) is 34.8 Å². The van der Waals surface area contributed by atoms with E-state index in [1.54, 1.807) is 14.2 Å². The van der Waals surface area contributed by atoms with E-state index in [2.05, 4.69) is 11.1 Å². The fraction of sp³-hybridized carbons (Fsp3) is 0.318. The molecule has 0 spiro atoms. The van der Waals surface area contributed by atoms with E-state index >= 15 is 0 Å². The van der Waals surface area contributed by atoms with Crippen LogP contribution in [0.5, 0.6) is 11.5 Å². The zero-order chi connectivity index (χ0) is 18.8. The number of fused-ring (bicyclic) bond motifs is 1. The van der Waals surface area contributed by atoms with Gasteiger partial charge in [-0.05, 0) is 61.4 Å². The van der Waals surface area contributed by atoms with Crippen molar-refractivity contribution in [1.29, 1.82) is 0 Å². The second-order valence-electron chi connectivity index (χ2n) is 7.00. The van der Waals surface area contributed by atoms with E-state index in [0.717, 1.165) is 48.3 Å². The molecule has 1 N–H and O–H groups in total. The van der Waals surface area contributed by atoms with Crippen molar-refractivity contribution in [2.24, 2.45) is 0 Å². The van der Waals surface area contributed by atoms with Crippen molar-refractivity contribution in [3.63, 3.8) is 0 Å². The molecular formula is C22H24N2O3. The number of amides is 1. The Hall–Kier alpha value is -2.95. The predicted octanol–water partition coefficient (Wildman–Crippen LogP) is 4.20. The van der Waals surface area contributed by atoms with E-state index < -0.39 is 0 Å². The molecule has 1 saturated heterocycles. The Morgan fingerprint density at radius 1 is 1.04 bits per heavy atom. The number of nitrogens with one attached hydrogen (secondary N) is 1. The Bertz CT molecular complexity index is 946. The lowest BCUT2D eigenvalue weighted by Gasteiger charge is -2.32. The van der Waals surface area contributed by atoms with E-state index in [9.17, 15) is 4.79 Å². The van der Waals surface area contributed by atoms with Crippen LogP contribution in [-0.4, -0.2) is 43.1 Å². The lowest BCUT2D eigenvalue weighted by atomic mass is 9.94. The molecule has 1 amide bonds. The first-order chi connectivity index (χ1) is 13.2. The number of carbonyl (C=O) groups is 1. The number of aromatic amines is 1. The van der Waals surface area contributed by atoms with Crippen LogP contribution in [0.2, 0.25) is 0 Å². The van der Waals surface area contributed by atoms with Gasteiger partial charge in [-0.25, -0.2) is 0 Å². The quantitative estimate of drug-likeness (QED) is 0.755. The van der Waals surface area contributed by atoms with Gasteiger partial charge < -0.3 is 19.4 Å². The summed E-state index contributed by atoms with van der Waals surface area (Å²) in [4.78, 5) is 18.4. The molecule has 0 aliphatic carbocycles. The monoisotopic (exact) mass is 364 g/mol. The fourth-order valence-electron chi connectivity index (χ4n) is 3.81. The lowest BCUT2D eigenvalue weighted by Crippen LogP contribution is -2.39. The van der Waals surface area contributed by atoms with Crippen LogP contribution < -0.4 is 9.47 Å². The summed E-state index contributed by atoms with van der Waals surface area (Å²) in [5, 5.41) is 1.14. The zero-order valence-corrected chi connectivity index (χ0v) is 15.7. The summed E-state index contributed by atoms with van der Waals surface area (Å²) in [5.41, 5.74) is 2.99. The molecule has 1 aromatic heterocycles. The largest absolute Gasteiger partial charge is 0.497 e. The van der Waals surface area contributed by atoms with Gasteiger partial charge in [-0.3, -0.25) is 4.79 Å². The maximum Gasteiger partial charge on any atom is 0.253 e. The maximum absolute atomic E-state index is 12.9. The summed E-state index contributed by atoms with van der Waals surface area (Å²) >= 11 is 0. The Labute approximate surface area is 158 Å². The Morgan fingerprint density at radius 2 is 1.78 bits per heavy atom. The smallest absolute Gasteiger partial charge is 0.253 e. The minimum Gasteiger partial charge on any atom is -0.497 e. The number of aromatic nitrogens is 1. The second-order valence-corrected chi connectivity index (χ2v) is 7.00. The Balaban J connectivity index is 1.52. The van der Waals surface area contributed by atoms with E-state index in [1.165, 1.54) is 5.69 Å². The average Bonchev–Trinajstić information content (AvgIpc) is 3.16. The number of rotatable bonds is 4. The molecule has 5 heteroatoms. The molecule has 1 unspecified atom stereocenters. The third kappa shape index (κ3) is 3.50. The molecular weight excluding hydrogens is 340 g/mol. The minimum atomic E-state index is 0.0835. The van der Waals surface area contributed by atoms with Crippen molar-refractivity contribution < 1.29 is 14.3 Å². The number of methoxy groups -OCH3 is 2. The number of carbonyl (C=O) groups excluding carboxylic acids is 1. The number of H-pyrrole nitrogens is 1. The van der Waals surface area contributed by atoms with E-state index in [1.807, 2.05) is 47.4 Å². The summed E-state index contributed by atoms with van der Waals surface area (Å²) in [7, 11) is 3.31. The van der Waals surface area contributed by atoms with Crippen LogP contribution in [0, 0.1) is 0 Å². The molecule has 0 bridgehead atoms. The first-order valence-corrected chi connectivity index (χ1v) is 9.28. The summed E-state index contributed by atoms with van der Waals surface area (Å²) in [6.45, 7) is 1.53. The average molecular weight is 364 g/mol. The highest BCUT2D eigenvalue weighted by Gasteiger charge is 2.26. The van der Waals surface area contributed by atoms with Crippen LogP contribution >= 0.6 is 0 Å². The summed E-state index contributed by atoms with van der Waals surface area (Å²) in [5.74, 6) is 2.02. The van der Waals surface area contributed by atoms with E-state index in [0.29, 0.717) is 11.5 Å². The first-order valence-electron chi connectivity index (χ1n) is 9.28. The van der Waals surface area contributed by atoms with Gasteiger partial charge in [0, 0.05) is 41.2 Å². The van der Waals surface area contributed by atoms with E-state index in [-0.39, 0.29) is 5.91 Å². The predicted molar refractivity (Wildman–Crippen MR) is 106 cm³/mol. The topological polar surface area (TPSA) is 54.6 Å². The number of benzene rings is 2. The fourth-order valence-corrected chi connectivity index (χ4v) is 3.81. The van der Waals surface area contributed by atoms with Crippen molar-refractivity contribution >= 4 is 16.8 Å². The Kier molecular flexibility index (Phi) is 4.75. The lowest BCUT2D eigenvalue weighted by molar-refractivity contribution is 0.0706. The van der Waals surface area contributed by atoms with Gasteiger partial charge in [0.15, 0.2) is 0 Å². The summed E-state index contributed by atoms with van der Waals surface area (Å²) < 4.78 is 10.5. The maximum atomic E-state index is 12.9. The molecule has 2 heterocycles. The van der Waals surface area contributed by atoms with Gasteiger partial charge in [-0.1, -0.05) is 0 Å². The molecule has 0 saturated carbocycles. The van der Waals surface area contributed by atoms with Crippen LogP contribution in [0.15, 0.2) is 48.5 Å². The molecule has 1 aliphatic heterocycles. The number of nitrogens with zero attached hydrogens (tertiary/aromatic N) is 1. The van der Waals surface area contributed by atoms with Crippen molar-refractivity contribution in [3.05, 3.63) is 59.8 Å². The SMILES string of the molecule is COc1ccc(C(=O)N2CCCC(c3cc4cc(OC)ccc4[nH]3)C2)cc1. The van der Waals surface area contributed by atoms with Gasteiger partial charge in [0.25, 0.3) is 5.91 Å². The first kappa shape index (κ1) is 17.5. The molecule has 1 atom stereocenters. The molecule has 0 radical (unpaired) electrons. The molecule has 1 aliphatic rings. The van der Waals surface area contributed by atoms with Gasteiger partial charge in [-0.2, -0.15) is 0 Å². The highest BCUT2D eigenvalue weighted by molar-refractivity contribution is 5.94. The third-order valence-corrected chi connectivity index (χ3v) is 5.33. The Morgan fingerprint density at radius 3 is 2.52 bits per heavy atom. The van der Waals surface area contributed by atoms with Crippen molar-refractivity contribution in [1.82, 2.24) is 9.88 Å². The number of hydrogen-bond donors (Lipinski definition) is 1. The minimum absolute atomic E-state index is 0.0835. The standard InChI is InChI=1S/C22H24N2O3/c1-26-18-7-5-15(6-8-18)22(25)24-11-3-4-16(14-24)21-13-17-12-19(27-2)9-10-20(17)23-21/h5-10,12-13,16,23H,3-4,11,14H2,1-2H3. The second kappa shape index (κ2) is 7.35. The van der Waals surface area contributed by atoms with Crippen LogP contribution in [-0.2, 0) is 0 Å². The molecule has 4 rings (SSSR count). The number of hydrogen-bond acceptors (Lipinski definition) is 3. The number of piperidine rings is 1. The van der Waals surface area contributed by atoms with Crippen molar-refractivity contribution in [3.8, 4) is 11.5 Å². The molecule has 27 heavy (non-hydrogen) atoms. The molecule has 140 valence electrons. The highest BCUT2D eigenvalue weighted by atomic mass is 16.5. The molecule has 1 fully saturated rings. The van der Waals surface area contributed by atoms with E-state index in [4.69, 9.17) is 9.47 Å². The van der Waals surface area contributed by atoms with Crippen LogP contribution in [0.3, 0.4) is 0 Å². The van der Waals surface area contributed by atoms with Gasteiger partial charge >= 0.3 is 0 Å². The summed E-state index contributed by atoms with van der Waals surface area (Å²) in [6, 6.07) is 15.6. The van der Waals surface area contributed by atoms with Crippen LogP contribution in [0.4, 0.5) is 0 Å². The zero-order valence-electron chi connectivity index (χ0n) is 15.7. The third-order valence-electron chi connectivity index (χ3n) is 5.33. The van der Waals surface area contributed by atoms with Gasteiger partial charge in [-0.15, -0.1) is 0 Å². The number of ether oxygens (including phenoxy) is 2. The van der Waals surface area contributed by atoms with Gasteiger partial charge in [0.1, 0.15) is 11.5 Å². The molecule has 3 aromatic rings. The van der Waals surface area contributed by atoms with Gasteiger partial charge in [0.2, 0.25) is 0 Å². The van der Waals surface area contributed by atoms with Crippen molar-refractivity contribution in [2.45, 2.75) is 18.8 Å². The number of likely N-dealkylation sites (tertiary alicyclic amines) is 1. The normalized spacial score (nSPS) is 17.1. The molecule has 2 aromatic carbocycles.